The Morgan fingerprint density at radius 1 is 1.33 bits per heavy atom. The second-order valence-corrected chi connectivity index (χ2v) is 4.47. The summed E-state index contributed by atoms with van der Waals surface area (Å²) in [5.74, 6) is -0.674. The fourth-order valence-corrected chi connectivity index (χ4v) is 2.47. The summed E-state index contributed by atoms with van der Waals surface area (Å²) in [5, 5.41) is 0. The van der Waals surface area contributed by atoms with E-state index in [1.807, 2.05) is 4.72 Å². The van der Waals surface area contributed by atoms with Gasteiger partial charge in [0.1, 0.15) is 4.90 Å². The van der Waals surface area contributed by atoms with Crippen LogP contribution in [0.15, 0.2) is 28.1 Å². The fourth-order valence-electron chi connectivity index (χ4n) is 1.28. The molecule has 1 aromatic rings. The zero-order chi connectivity index (χ0) is 11.1. The third kappa shape index (κ3) is 1.43. The van der Waals surface area contributed by atoms with Crippen LogP contribution in [0, 0.1) is 0 Å². The predicted octanol–water partition coefficient (Wildman–Crippen LogP) is 0.0860. The average Bonchev–Trinajstić information content (AvgIpc) is 2.38. The van der Waals surface area contributed by atoms with E-state index in [0.29, 0.717) is 0 Å². The molecule has 2 rings (SSSR count). The first-order valence-electron chi connectivity index (χ1n) is 3.84. The normalized spacial score (nSPS) is 16.4. The molecule has 1 aromatic carbocycles. The lowest BCUT2D eigenvalue weighted by Gasteiger charge is -1.95. The van der Waals surface area contributed by atoms with E-state index in [4.69, 9.17) is 0 Å². The number of sulfonamides is 1. The molecule has 1 aliphatic rings. The Morgan fingerprint density at radius 3 is 2.73 bits per heavy atom. The van der Waals surface area contributed by atoms with Gasteiger partial charge in [-0.2, -0.15) is 4.99 Å². The van der Waals surface area contributed by atoms with Crippen LogP contribution in [0.3, 0.4) is 0 Å². The van der Waals surface area contributed by atoms with Crippen LogP contribution in [-0.4, -0.2) is 20.4 Å². The van der Waals surface area contributed by atoms with Gasteiger partial charge in [-0.3, -0.25) is 4.79 Å². The van der Waals surface area contributed by atoms with E-state index in [1.54, 1.807) is 0 Å². The van der Waals surface area contributed by atoms with Gasteiger partial charge < -0.3 is 0 Å². The van der Waals surface area contributed by atoms with Gasteiger partial charge >= 0.3 is 0 Å². The number of carbonyl (C=O) groups is 1. The molecule has 7 heteroatoms. The molecule has 1 amide bonds. The number of isocyanates is 1. The number of hydrogen-bond acceptors (Lipinski definition) is 5. The maximum atomic E-state index is 11.3. The molecule has 15 heavy (non-hydrogen) atoms. The summed E-state index contributed by atoms with van der Waals surface area (Å²) < 4.78 is 24.5. The van der Waals surface area contributed by atoms with Crippen molar-refractivity contribution >= 4 is 27.7 Å². The zero-order valence-corrected chi connectivity index (χ0v) is 8.04. The number of nitrogens with one attached hydrogen (secondary N) is 1. The van der Waals surface area contributed by atoms with Crippen molar-refractivity contribution in [3.8, 4) is 0 Å². The molecule has 0 bridgehead atoms. The summed E-state index contributed by atoms with van der Waals surface area (Å²) in [6.07, 6.45) is 1.29. The van der Waals surface area contributed by atoms with E-state index in [2.05, 4.69) is 4.99 Å². The first kappa shape index (κ1) is 9.57. The number of amides is 1. The molecular weight excluding hydrogens is 220 g/mol. The van der Waals surface area contributed by atoms with Gasteiger partial charge in [0.05, 0.1) is 11.3 Å². The quantitative estimate of drug-likeness (QED) is 0.540. The summed E-state index contributed by atoms with van der Waals surface area (Å²) in [6.45, 7) is 0. The Hall–Kier alpha value is -1.98. The predicted molar refractivity (Wildman–Crippen MR) is 48.9 cm³/mol. The topological polar surface area (TPSA) is 92.7 Å². The smallest absolute Gasteiger partial charge is 0.266 e. The summed E-state index contributed by atoms with van der Waals surface area (Å²) in [5.41, 5.74) is 0.198. The van der Waals surface area contributed by atoms with E-state index >= 15 is 0 Å². The Morgan fingerprint density at radius 2 is 2.07 bits per heavy atom. The minimum absolute atomic E-state index is 0.0554. The first-order valence-corrected chi connectivity index (χ1v) is 5.32. The van der Waals surface area contributed by atoms with Gasteiger partial charge in [0.25, 0.3) is 15.9 Å². The van der Waals surface area contributed by atoms with Gasteiger partial charge in [-0.25, -0.2) is 17.9 Å². The standard InChI is InChI=1S/C8H4N2O4S/c11-4-9-5-1-2-6-7(3-5)15(13,14)10-8(6)12/h1-3H,(H,10,12). The number of nitrogens with zero attached hydrogens (tertiary/aromatic N) is 1. The first-order chi connectivity index (χ1) is 7.04. The monoisotopic (exact) mass is 224 g/mol. The fraction of sp³-hybridized carbons (Fsp3) is 0. The Labute approximate surface area is 84.7 Å². The second kappa shape index (κ2) is 3.01. The second-order valence-electron chi connectivity index (χ2n) is 2.82. The molecule has 6 nitrogen and oxygen atoms in total. The highest BCUT2D eigenvalue weighted by Crippen LogP contribution is 2.26. The minimum atomic E-state index is -3.78. The Bertz CT molecular complexity index is 599. The molecule has 1 N–H and O–H groups in total. The number of benzene rings is 1. The molecule has 0 unspecified atom stereocenters. The lowest BCUT2D eigenvalue weighted by molar-refractivity contribution is 0.0985. The van der Waals surface area contributed by atoms with Crippen LogP contribution in [0.25, 0.3) is 0 Å². The van der Waals surface area contributed by atoms with Crippen LogP contribution in [0.5, 0.6) is 0 Å². The van der Waals surface area contributed by atoms with E-state index in [0.717, 1.165) is 6.07 Å². The largest absolute Gasteiger partial charge is 0.268 e. The highest BCUT2D eigenvalue weighted by molar-refractivity contribution is 7.90. The molecule has 0 saturated heterocycles. The third-order valence-electron chi connectivity index (χ3n) is 1.90. The van der Waals surface area contributed by atoms with Crippen molar-refractivity contribution in [2.24, 2.45) is 4.99 Å². The van der Waals surface area contributed by atoms with Crippen LogP contribution in [0.4, 0.5) is 5.69 Å². The number of aliphatic imine (C=N–C) groups is 1. The van der Waals surface area contributed by atoms with E-state index in [1.165, 1.54) is 18.2 Å². The molecule has 0 aromatic heterocycles. The summed E-state index contributed by atoms with van der Waals surface area (Å²) in [6, 6.07) is 3.81. The number of fused-ring (bicyclic) bond motifs is 1. The van der Waals surface area contributed by atoms with Crippen molar-refractivity contribution in [2.75, 3.05) is 0 Å². The molecule has 1 aliphatic heterocycles. The molecule has 0 fully saturated rings. The van der Waals surface area contributed by atoms with Crippen LogP contribution >= 0.6 is 0 Å². The maximum absolute atomic E-state index is 11.3. The summed E-state index contributed by atoms with van der Waals surface area (Å²) in [7, 11) is -3.78. The lowest BCUT2D eigenvalue weighted by atomic mass is 10.2. The highest BCUT2D eigenvalue weighted by Gasteiger charge is 2.32. The minimum Gasteiger partial charge on any atom is -0.268 e. The van der Waals surface area contributed by atoms with Gasteiger partial charge in [-0.1, -0.05) is 0 Å². The molecule has 0 radical (unpaired) electrons. The van der Waals surface area contributed by atoms with E-state index < -0.39 is 15.9 Å². The third-order valence-corrected chi connectivity index (χ3v) is 3.27. The summed E-state index contributed by atoms with van der Waals surface area (Å²) >= 11 is 0. The van der Waals surface area contributed by atoms with E-state index in [-0.39, 0.29) is 16.1 Å². The Balaban J connectivity index is 2.73. The molecule has 0 atom stereocenters. The molecule has 0 saturated carbocycles. The van der Waals surface area contributed by atoms with Crippen molar-refractivity contribution in [2.45, 2.75) is 4.90 Å². The SMILES string of the molecule is O=C=Nc1ccc2c(c1)S(=O)(=O)NC2=O. The van der Waals surface area contributed by atoms with Gasteiger partial charge in [0.2, 0.25) is 6.08 Å². The van der Waals surface area contributed by atoms with Crippen molar-refractivity contribution in [1.82, 2.24) is 4.72 Å². The van der Waals surface area contributed by atoms with Crippen molar-refractivity contribution in [3.05, 3.63) is 23.8 Å². The van der Waals surface area contributed by atoms with Crippen LogP contribution in [0.2, 0.25) is 0 Å². The van der Waals surface area contributed by atoms with Crippen LogP contribution in [0.1, 0.15) is 10.4 Å². The van der Waals surface area contributed by atoms with Gasteiger partial charge in [0.15, 0.2) is 0 Å². The number of rotatable bonds is 1. The van der Waals surface area contributed by atoms with Crippen molar-refractivity contribution < 1.29 is 18.0 Å². The van der Waals surface area contributed by atoms with Crippen molar-refractivity contribution in [1.29, 1.82) is 0 Å². The lowest BCUT2D eigenvalue weighted by Crippen LogP contribution is -2.20. The van der Waals surface area contributed by atoms with Crippen LogP contribution < -0.4 is 4.72 Å². The summed E-state index contributed by atoms with van der Waals surface area (Å²) in [4.78, 5) is 24.2. The van der Waals surface area contributed by atoms with E-state index in [9.17, 15) is 18.0 Å². The van der Waals surface area contributed by atoms with Gasteiger partial charge in [-0.15, -0.1) is 0 Å². The molecular formula is C8H4N2O4S. The van der Waals surface area contributed by atoms with Crippen molar-refractivity contribution in [3.63, 3.8) is 0 Å². The van der Waals surface area contributed by atoms with Gasteiger partial charge in [0, 0.05) is 0 Å². The average molecular weight is 224 g/mol. The van der Waals surface area contributed by atoms with Gasteiger partial charge in [-0.05, 0) is 18.2 Å². The molecule has 0 spiro atoms. The maximum Gasteiger partial charge on any atom is 0.266 e. The molecule has 0 aliphatic carbocycles. The molecule has 76 valence electrons. The highest BCUT2D eigenvalue weighted by atomic mass is 32.2. The molecule has 1 heterocycles. The number of carbonyl (C=O) groups excluding carboxylic acids is 2. The zero-order valence-electron chi connectivity index (χ0n) is 7.22. The number of hydrogen-bond donors (Lipinski definition) is 1. The van der Waals surface area contributed by atoms with Crippen LogP contribution in [-0.2, 0) is 14.8 Å². The Kier molecular flexibility index (Phi) is 1.92.